The lowest BCUT2D eigenvalue weighted by molar-refractivity contribution is 0.0874. The lowest BCUT2D eigenvalue weighted by Gasteiger charge is -2.23. The normalized spacial score (nSPS) is 12.9. The summed E-state index contributed by atoms with van der Waals surface area (Å²) in [5.74, 6) is 0. The predicted octanol–water partition coefficient (Wildman–Crippen LogP) is -0.535. The lowest BCUT2D eigenvalue weighted by atomic mass is 10.1. The van der Waals surface area contributed by atoms with Gasteiger partial charge < -0.3 is 21.1 Å². The second kappa shape index (κ2) is 8.18. The maximum Gasteiger partial charge on any atom is 0.0916 e. The number of nitrogens with zero attached hydrogens (tertiary/aromatic N) is 1. The third-order valence-electron chi connectivity index (χ3n) is 2.86. The highest BCUT2D eigenvalue weighted by atomic mass is 16.3. The number of hydrogen-bond acceptors (Lipinski definition) is 5. The molecule has 0 bridgehead atoms. The quantitative estimate of drug-likeness (QED) is 0.500. The molecule has 1 rings (SSSR count). The average molecular weight is 254 g/mol. The van der Waals surface area contributed by atoms with Gasteiger partial charge in [-0.1, -0.05) is 24.3 Å². The van der Waals surface area contributed by atoms with Crippen LogP contribution in [0.15, 0.2) is 24.3 Å². The Hall–Kier alpha value is -0.980. The van der Waals surface area contributed by atoms with Crippen LogP contribution in [-0.4, -0.2) is 53.1 Å². The molecule has 1 aromatic carbocycles. The molecule has 0 spiro atoms. The SMILES string of the molecule is NCc1ccc(C(O)CN(CCO)CCO)cc1. The Morgan fingerprint density at radius 1 is 1.06 bits per heavy atom. The van der Waals surface area contributed by atoms with Gasteiger partial charge in [-0.25, -0.2) is 0 Å². The maximum absolute atomic E-state index is 10.1. The number of hydrogen-bond donors (Lipinski definition) is 4. The Bertz CT molecular complexity index is 324. The second-order valence-electron chi connectivity index (χ2n) is 4.21. The largest absolute Gasteiger partial charge is 0.395 e. The van der Waals surface area contributed by atoms with Crippen LogP contribution in [0.2, 0.25) is 0 Å². The molecule has 0 aliphatic rings. The number of benzene rings is 1. The Balaban J connectivity index is 2.58. The van der Waals surface area contributed by atoms with E-state index < -0.39 is 6.10 Å². The predicted molar refractivity (Wildman–Crippen MR) is 69.9 cm³/mol. The third-order valence-corrected chi connectivity index (χ3v) is 2.86. The van der Waals surface area contributed by atoms with Crippen molar-refractivity contribution in [1.82, 2.24) is 4.90 Å². The lowest BCUT2D eigenvalue weighted by Crippen LogP contribution is -2.33. The van der Waals surface area contributed by atoms with Crippen molar-refractivity contribution >= 4 is 0 Å². The molecule has 1 aromatic rings. The minimum Gasteiger partial charge on any atom is -0.395 e. The average Bonchev–Trinajstić information content (AvgIpc) is 2.39. The van der Waals surface area contributed by atoms with E-state index in [0.717, 1.165) is 11.1 Å². The summed E-state index contributed by atoms with van der Waals surface area (Å²) >= 11 is 0. The monoisotopic (exact) mass is 254 g/mol. The van der Waals surface area contributed by atoms with E-state index in [4.69, 9.17) is 15.9 Å². The van der Waals surface area contributed by atoms with Gasteiger partial charge in [0.2, 0.25) is 0 Å². The highest BCUT2D eigenvalue weighted by Crippen LogP contribution is 2.15. The van der Waals surface area contributed by atoms with E-state index >= 15 is 0 Å². The summed E-state index contributed by atoms with van der Waals surface area (Å²) in [5.41, 5.74) is 7.34. The van der Waals surface area contributed by atoms with Crippen molar-refractivity contribution < 1.29 is 15.3 Å². The van der Waals surface area contributed by atoms with Crippen molar-refractivity contribution in [2.45, 2.75) is 12.6 Å². The van der Waals surface area contributed by atoms with Gasteiger partial charge in [0.05, 0.1) is 19.3 Å². The topological polar surface area (TPSA) is 90.0 Å². The first-order chi connectivity index (χ1) is 8.71. The van der Waals surface area contributed by atoms with Crippen LogP contribution in [0.3, 0.4) is 0 Å². The Kier molecular flexibility index (Phi) is 6.85. The molecule has 0 aromatic heterocycles. The summed E-state index contributed by atoms with van der Waals surface area (Å²) in [6.07, 6.45) is -0.630. The number of aliphatic hydroxyl groups is 3. The fourth-order valence-electron chi connectivity index (χ4n) is 1.80. The van der Waals surface area contributed by atoms with Crippen LogP contribution >= 0.6 is 0 Å². The van der Waals surface area contributed by atoms with Crippen LogP contribution in [0.25, 0.3) is 0 Å². The fourth-order valence-corrected chi connectivity index (χ4v) is 1.80. The van der Waals surface area contributed by atoms with E-state index in [-0.39, 0.29) is 13.2 Å². The molecule has 1 atom stereocenters. The number of nitrogens with two attached hydrogens (primary N) is 1. The Labute approximate surface area is 107 Å². The standard InChI is InChI=1S/C13H22N2O3/c14-9-11-1-3-12(4-2-11)13(18)10-15(5-7-16)6-8-17/h1-4,13,16-18H,5-10,14H2. The molecule has 0 amide bonds. The van der Waals surface area contributed by atoms with E-state index in [1.807, 2.05) is 29.2 Å². The van der Waals surface area contributed by atoms with Crippen molar-refractivity contribution in [3.8, 4) is 0 Å². The molecule has 0 radical (unpaired) electrons. The minimum atomic E-state index is -0.630. The maximum atomic E-state index is 10.1. The molecule has 102 valence electrons. The highest BCUT2D eigenvalue weighted by Gasteiger charge is 2.12. The Morgan fingerprint density at radius 3 is 2.06 bits per heavy atom. The molecule has 0 saturated heterocycles. The summed E-state index contributed by atoms with van der Waals surface area (Å²) in [4.78, 5) is 1.82. The molecular weight excluding hydrogens is 232 g/mol. The first-order valence-corrected chi connectivity index (χ1v) is 6.12. The smallest absolute Gasteiger partial charge is 0.0916 e. The van der Waals surface area contributed by atoms with Gasteiger partial charge in [0.1, 0.15) is 0 Å². The van der Waals surface area contributed by atoms with Crippen molar-refractivity contribution in [1.29, 1.82) is 0 Å². The fraction of sp³-hybridized carbons (Fsp3) is 0.538. The van der Waals surface area contributed by atoms with Crippen LogP contribution in [0.4, 0.5) is 0 Å². The van der Waals surface area contributed by atoms with Crippen molar-refractivity contribution in [2.24, 2.45) is 5.73 Å². The molecule has 5 N–H and O–H groups in total. The first kappa shape index (κ1) is 15.1. The molecule has 5 heteroatoms. The minimum absolute atomic E-state index is 0.0127. The van der Waals surface area contributed by atoms with E-state index in [1.54, 1.807) is 0 Å². The molecule has 5 nitrogen and oxygen atoms in total. The van der Waals surface area contributed by atoms with Gasteiger partial charge in [-0.2, -0.15) is 0 Å². The highest BCUT2D eigenvalue weighted by molar-refractivity contribution is 5.24. The van der Waals surface area contributed by atoms with Crippen LogP contribution in [0, 0.1) is 0 Å². The van der Waals surface area contributed by atoms with Crippen molar-refractivity contribution in [2.75, 3.05) is 32.8 Å². The summed E-state index contributed by atoms with van der Waals surface area (Å²) in [5, 5.41) is 27.9. The Morgan fingerprint density at radius 2 is 1.61 bits per heavy atom. The molecule has 0 saturated carbocycles. The van der Waals surface area contributed by atoms with E-state index in [9.17, 15) is 5.11 Å². The van der Waals surface area contributed by atoms with Gasteiger partial charge >= 0.3 is 0 Å². The van der Waals surface area contributed by atoms with Gasteiger partial charge in [-0.15, -0.1) is 0 Å². The molecule has 1 unspecified atom stereocenters. The first-order valence-electron chi connectivity index (χ1n) is 6.12. The van der Waals surface area contributed by atoms with Gasteiger partial charge in [0.15, 0.2) is 0 Å². The van der Waals surface area contributed by atoms with E-state index in [0.29, 0.717) is 26.2 Å². The van der Waals surface area contributed by atoms with Crippen LogP contribution in [-0.2, 0) is 6.54 Å². The number of aliphatic hydroxyl groups excluding tert-OH is 3. The zero-order valence-corrected chi connectivity index (χ0v) is 10.5. The van der Waals surface area contributed by atoms with Gasteiger partial charge in [0.25, 0.3) is 0 Å². The molecule has 0 aliphatic carbocycles. The number of rotatable bonds is 8. The van der Waals surface area contributed by atoms with Crippen LogP contribution in [0.5, 0.6) is 0 Å². The zero-order chi connectivity index (χ0) is 13.4. The van der Waals surface area contributed by atoms with Crippen LogP contribution in [0.1, 0.15) is 17.2 Å². The molecule has 0 aliphatic heterocycles. The molecule has 0 fully saturated rings. The van der Waals surface area contributed by atoms with E-state index in [1.165, 1.54) is 0 Å². The van der Waals surface area contributed by atoms with Gasteiger partial charge in [-0.3, -0.25) is 4.90 Å². The van der Waals surface area contributed by atoms with E-state index in [2.05, 4.69) is 0 Å². The van der Waals surface area contributed by atoms with Gasteiger partial charge in [-0.05, 0) is 11.1 Å². The molecule has 0 heterocycles. The van der Waals surface area contributed by atoms with Crippen LogP contribution < -0.4 is 5.73 Å². The van der Waals surface area contributed by atoms with Crippen molar-refractivity contribution in [3.63, 3.8) is 0 Å². The summed E-state index contributed by atoms with van der Waals surface area (Å²) in [6, 6.07) is 7.48. The van der Waals surface area contributed by atoms with Gasteiger partial charge in [0, 0.05) is 26.2 Å². The summed E-state index contributed by atoms with van der Waals surface area (Å²) in [6.45, 7) is 1.79. The molecular formula is C13H22N2O3. The second-order valence-corrected chi connectivity index (χ2v) is 4.21. The molecule has 18 heavy (non-hydrogen) atoms. The zero-order valence-electron chi connectivity index (χ0n) is 10.5. The summed E-state index contributed by atoms with van der Waals surface area (Å²) < 4.78 is 0. The summed E-state index contributed by atoms with van der Waals surface area (Å²) in [7, 11) is 0. The third kappa shape index (κ3) is 4.72. The van der Waals surface area contributed by atoms with Crippen molar-refractivity contribution in [3.05, 3.63) is 35.4 Å².